The normalized spacial score (nSPS) is 23.3. The Morgan fingerprint density at radius 2 is 2.29 bits per heavy atom. The molecular formula is C21H32N6O. The van der Waals surface area contributed by atoms with E-state index in [9.17, 15) is 4.79 Å². The first-order valence-electron chi connectivity index (χ1n) is 10.8. The molecule has 7 heteroatoms. The third-order valence-electron chi connectivity index (χ3n) is 6.20. The standard InChI is InChI=1S/C21H32N6O/c1-2-17-6-3-4-12-26(17)15-19(28)23-11-13-27-21-18(7-5-9-24-21)20(25-27)16-8-10-22-14-16/h5,7,9,16-17,22H,2-4,6,8,10-15H2,1H3,(H,23,28)/t16-,17-/m1/s1. The van der Waals surface area contributed by atoms with Crippen molar-refractivity contribution in [2.45, 2.75) is 57.5 Å². The molecule has 7 nitrogen and oxygen atoms in total. The van der Waals surface area contributed by atoms with Crippen LogP contribution in [0.1, 0.15) is 50.6 Å². The number of fused-ring (bicyclic) bond motifs is 1. The van der Waals surface area contributed by atoms with E-state index in [2.05, 4.69) is 33.5 Å². The van der Waals surface area contributed by atoms with Gasteiger partial charge in [0.1, 0.15) is 0 Å². The number of amides is 1. The molecule has 0 unspecified atom stereocenters. The summed E-state index contributed by atoms with van der Waals surface area (Å²) in [6.07, 6.45) is 7.76. The topological polar surface area (TPSA) is 75.1 Å². The SMILES string of the molecule is CC[C@@H]1CCCCN1CC(=O)NCCn1nc([C@@H]2CCNC2)c2cccnc21. The van der Waals surface area contributed by atoms with Crippen LogP contribution in [0.15, 0.2) is 18.3 Å². The minimum atomic E-state index is 0.116. The molecule has 152 valence electrons. The minimum Gasteiger partial charge on any atom is -0.353 e. The van der Waals surface area contributed by atoms with Gasteiger partial charge >= 0.3 is 0 Å². The number of piperidine rings is 1. The Morgan fingerprint density at radius 1 is 1.36 bits per heavy atom. The molecule has 0 saturated carbocycles. The molecule has 2 aromatic rings. The maximum absolute atomic E-state index is 12.4. The van der Waals surface area contributed by atoms with Crippen molar-refractivity contribution >= 4 is 16.9 Å². The van der Waals surface area contributed by atoms with E-state index < -0.39 is 0 Å². The van der Waals surface area contributed by atoms with Gasteiger partial charge in [0.25, 0.3) is 0 Å². The van der Waals surface area contributed by atoms with Gasteiger partial charge in [-0.25, -0.2) is 9.67 Å². The number of rotatable bonds is 7. The van der Waals surface area contributed by atoms with Gasteiger partial charge in [-0.05, 0) is 50.9 Å². The Hall–Kier alpha value is -1.99. The van der Waals surface area contributed by atoms with Crippen LogP contribution < -0.4 is 10.6 Å². The molecule has 2 aliphatic heterocycles. The average Bonchev–Trinajstić information content (AvgIpc) is 3.37. The van der Waals surface area contributed by atoms with Crippen molar-refractivity contribution in [1.29, 1.82) is 0 Å². The van der Waals surface area contributed by atoms with Crippen molar-refractivity contribution in [2.75, 3.05) is 32.7 Å². The molecule has 2 fully saturated rings. The second-order valence-corrected chi connectivity index (χ2v) is 8.05. The first kappa shape index (κ1) is 19.3. The van der Waals surface area contributed by atoms with Crippen molar-refractivity contribution in [3.05, 3.63) is 24.0 Å². The molecule has 4 rings (SSSR count). The van der Waals surface area contributed by atoms with Crippen molar-refractivity contribution in [2.24, 2.45) is 0 Å². The lowest BCUT2D eigenvalue weighted by Gasteiger charge is -2.34. The van der Waals surface area contributed by atoms with Gasteiger partial charge in [0.2, 0.25) is 5.91 Å². The number of hydrogen-bond acceptors (Lipinski definition) is 5. The van der Waals surface area contributed by atoms with Gasteiger partial charge in [0.05, 0.1) is 18.8 Å². The Kier molecular flexibility index (Phi) is 6.22. The zero-order valence-electron chi connectivity index (χ0n) is 16.9. The van der Waals surface area contributed by atoms with Crippen LogP contribution in [0.25, 0.3) is 11.0 Å². The first-order valence-corrected chi connectivity index (χ1v) is 10.8. The molecule has 2 saturated heterocycles. The van der Waals surface area contributed by atoms with Gasteiger partial charge in [-0.2, -0.15) is 5.10 Å². The molecule has 4 heterocycles. The summed E-state index contributed by atoms with van der Waals surface area (Å²) in [6.45, 7) is 7.02. The van der Waals surface area contributed by atoms with Gasteiger partial charge in [-0.15, -0.1) is 0 Å². The molecular weight excluding hydrogens is 352 g/mol. The number of carbonyl (C=O) groups excluding carboxylic acids is 1. The number of aromatic nitrogens is 3. The van der Waals surface area contributed by atoms with E-state index in [-0.39, 0.29) is 5.91 Å². The van der Waals surface area contributed by atoms with E-state index in [1.54, 1.807) is 0 Å². The van der Waals surface area contributed by atoms with E-state index in [4.69, 9.17) is 5.10 Å². The monoisotopic (exact) mass is 384 g/mol. The molecule has 28 heavy (non-hydrogen) atoms. The van der Waals surface area contributed by atoms with Gasteiger partial charge in [0.15, 0.2) is 5.65 Å². The van der Waals surface area contributed by atoms with Gasteiger partial charge in [-0.1, -0.05) is 13.3 Å². The van der Waals surface area contributed by atoms with Crippen molar-refractivity contribution in [1.82, 2.24) is 30.3 Å². The predicted octanol–water partition coefficient (Wildman–Crippen LogP) is 1.89. The maximum Gasteiger partial charge on any atom is 0.234 e. The van der Waals surface area contributed by atoms with Gasteiger partial charge < -0.3 is 10.6 Å². The summed E-state index contributed by atoms with van der Waals surface area (Å²) in [4.78, 5) is 19.3. The zero-order valence-corrected chi connectivity index (χ0v) is 16.9. The molecule has 0 spiro atoms. The summed E-state index contributed by atoms with van der Waals surface area (Å²) in [5, 5.41) is 12.5. The second-order valence-electron chi connectivity index (χ2n) is 8.05. The number of hydrogen-bond donors (Lipinski definition) is 2. The van der Waals surface area contributed by atoms with E-state index in [1.165, 1.54) is 19.3 Å². The highest BCUT2D eigenvalue weighted by Crippen LogP contribution is 2.27. The highest BCUT2D eigenvalue weighted by atomic mass is 16.2. The van der Waals surface area contributed by atoms with Crippen molar-refractivity contribution < 1.29 is 4.79 Å². The number of pyridine rings is 1. The number of likely N-dealkylation sites (tertiary alicyclic amines) is 1. The number of nitrogens with zero attached hydrogens (tertiary/aromatic N) is 4. The molecule has 0 radical (unpaired) electrons. The van der Waals surface area contributed by atoms with Crippen LogP contribution in [0.3, 0.4) is 0 Å². The fourth-order valence-electron chi connectivity index (χ4n) is 4.65. The fourth-order valence-corrected chi connectivity index (χ4v) is 4.65. The van der Waals surface area contributed by atoms with Crippen LogP contribution in [0, 0.1) is 0 Å². The maximum atomic E-state index is 12.4. The smallest absolute Gasteiger partial charge is 0.234 e. The molecule has 0 aromatic carbocycles. The van der Waals surface area contributed by atoms with Crippen molar-refractivity contribution in [3.63, 3.8) is 0 Å². The number of carbonyl (C=O) groups is 1. The van der Waals surface area contributed by atoms with Crippen molar-refractivity contribution in [3.8, 4) is 0 Å². The molecule has 0 bridgehead atoms. The number of nitrogens with one attached hydrogen (secondary N) is 2. The molecule has 1 amide bonds. The second kappa shape index (κ2) is 9.01. The summed E-state index contributed by atoms with van der Waals surface area (Å²) in [5.74, 6) is 0.567. The van der Waals surface area contributed by atoms with Crippen LogP contribution in [0.5, 0.6) is 0 Å². The van der Waals surface area contributed by atoms with E-state index in [0.29, 0.717) is 31.6 Å². The van der Waals surface area contributed by atoms with Crippen LogP contribution >= 0.6 is 0 Å². The lowest BCUT2D eigenvalue weighted by atomic mass is 10.0. The van der Waals surface area contributed by atoms with E-state index >= 15 is 0 Å². The Balaban J connectivity index is 1.36. The highest BCUT2D eigenvalue weighted by molar-refractivity contribution is 5.79. The molecule has 2 aromatic heterocycles. The molecule has 2 atom stereocenters. The van der Waals surface area contributed by atoms with E-state index in [0.717, 1.165) is 49.2 Å². The largest absolute Gasteiger partial charge is 0.353 e. The lowest BCUT2D eigenvalue weighted by Crippen LogP contribution is -2.45. The molecule has 2 N–H and O–H groups in total. The zero-order chi connectivity index (χ0) is 19.3. The first-order chi connectivity index (χ1) is 13.8. The molecule has 0 aliphatic carbocycles. The molecule has 2 aliphatic rings. The summed E-state index contributed by atoms with van der Waals surface area (Å²) in [5.41, 5.74) is 2.05. The lowest BCUT2D eigenvalue weighted by molar-refractivity contribution is -0.123. The summed E-state index contributed by atoms with van der Waals surface area (Å²) in [6, 6.07) is 4.64. The van der Waals surface area contributed by atoms with Gasteiger partial charge in [0, 0.05) is 36.6 Å². The third-order valence-corrected chi connectivity index (χ3v) is 6.20. The van der Waals surface area contributed by atoms with Gasteiger partial charge in [-0.3, -0.25) is 9.69 Å². The van der Waals surface area contributed by atoms with Crippen LogP contribution in [0.4, 0.5) is 0 Å². The Bertz CT molecular complexity index is 797. The summed E-state index contributed by atoms with van der Waals surface area (Å²) in [7, 11) is 0. The highest BCUT2D eigenvalue weighted by Gasteiger charge is 2.24. The summed E-state index contributed by atoms with van der Waals surface area (Å²) >= 11 is 0. The average molecular weight is 385 g/mol. The predicted molar refractivity (Wildman–Crippen MR) is 110 cm³/mol. The fraction of sp³-hybridized carbons (Fsp3) is 0.667. The quantitative estimate of drug-likeness (QED) is 0.763. The Labute approximate surface area is 166 Å². The van der Waals surface area contributed by atoms with Crippen LogP contribution in [-0.2, 0) is 11.3 Å². The van der Waals surface area contributed by atoms with E-state index in [1.807, 2.05) is 16.9 Å². The Morgan fingerprint density at radius 3 is 3.11 bits per heavy atom. The van der Waals surface area contributed by atoms with Crippen LogP contribution in [0.2, 0.25) is 0 Å². The minimum absolute atomic E-state index is 0.116. The van der Waals surface area contributed by atoms with Crippen LogP contribution in [-0.4, -0.2) is 64.3 Å². The third kappa shape index (κ3) is 4.20. The summed E-state index contributed by atoms with van der Waals surface area (Å²) < 4.78 is 1.96.